The van der Waals surface area contributed by atoms with E-state index in [4.69, 9.17) is 4.74 Å². The van der Waals surface area contributed by atoms with Crippen molar-refractivity contribution in [2.45, 2.75) is 91.0 Å². The van der Waals surface area contributed by atoms with Crippen molar-refractivity contribution < 1.29 is 4.74 Å². The van der Waals surface area contributed by atoms with E-state index in [0.717, 1.165) is 12.5 Å². The molecule has 0 unspecified atom stereocenters. The standard InChI is InChI=1S/C19H39NO/c1-6-7-9-17-10-13-19(14-11-17,12-8-15-21-5)16-20-18(2,3)4/h17,20H,6-16H2,1-5H3. The first-order chi connectivity index (χ1) is 9.91. The highest BCUT2D eigenvalue weighted by Gasteiger charge is 2.35. The molecule has 1 rings (SSSR count). The van der Waals surface area contributed by atoms with Gasteiger partial charge >= 0.3 is 0 Å². The molecule has 0 aliphatic heterocycles. The van der Waals surface area contributed by atoms with Crippen LogP contribution in [0.5, 0.6) is 0 Å². The van der Waals surface area contributed by atoms with E-state index < -0.39 is 0 Å². The second-order valence-corrected chi connectivity index (χ2v) is 8.29. The van der Waals surface area contributed by atoms with Crippen LogP contribution in [0.15, 0.2) is 0 Å². The Morgan fingerprint density at radius 1 is 1.14 bits per heavy atom. The number of rotatable bonds is 9. The molecule has 0 heterocycles. The summed E-state index contributed by atoms with van der Waals surface area (Å²) in [6, 6.07) is 0. The fourth-order valence-electron chi connectivity index (χ4n) is 3.63. The van der Waals surface area contributed by atoms with Crippen molar-refractivity contribution in [1.82, 2.24) is 5.32 Å². The lowest BCUT2D eigenvalue weighted by molar-refractivity contribution is 0.0994. The highest BCUT2D eigenvalue weighted by atomic mass is 16.5. The molecular weight excluding hydrogens is 258 g/mol. The predicted octanol–water partition coefficient (Wildman–Crippen LogP) is 5.17. The molecule has 1 aliphatic carbocycles. The molecule has 1 N–H and O–H groups in total. The van der Waals surface area contributed by atoms with Crippen molar-refractivity contribution in [3.63, 3.8) is 0 Å². The summed E-state index contributed by atoms with van der Waals surface area (Å²) in [4.78, 5) is 0. The first-order valence-electron chi connectivity index (χ1n) is 9.15. The first-order valence-corrected chi connectivity index (χ1v) is 9.15. The molecule has 1 aliphatic rings. The van der Waals surface area contributed by atoms with E-state index in [9.17, 15) is 0 Å². The number of hydrogen-bond donors (Lipinski definition) is 1. The molecule has 21 heavy (non-hydrogen) atoms. The Balaban J connectivity index is 2.50. The topological polar surface area (TPSA) is 21.3 Å². The van der Waals surface area contributed by atoms with Crippen LogP contribution in [0.25, 0.3) is 0 Å². The molecule has 0 radical (unpaired) electrons. The number of methoxy groups -OCH3 is 1. The van der Waals surface area contributed by atoms with Gasteiger partial charge in [0.25, 0.3) is 0 Å². The minimum atomic E-state index is 0.229. The molecule has 0 spiro atoms. The minimum Gasteiger partial charge on any atom is -0.385 e. The third kappa shape index (κ3) is 7.65. The summed E-state index contributed by atoms with van der Waals surface area (Å²) in [5, 5.41) is 3.78. The lowest BCUT2D eigenvalue weighted by Crippen LogP contribution is -2.45. The quantitative estimate of drug-likeness (QED) is 0.593. The van der Waals surface area contributed by atoms with Crippen LogP contribution in [-0.4, -0.2) is 25.8 Å². The van der Waals surface area contributed by atoms with Gasteiger partial charge in [-0.1, -0.05) is 26.2 Å². The average molecular weight is 298 g/mol. The highest BCUT2D eigenvalue weighted by Crippen LogP contribution is 2.43. The lowest BCUT2D eigenvalue weighted by Gasteiger charge is -2.42. The third-order valence-electron chi connectivity index (χ3n) is 5.18. The molecule has 0 bridgehead atoms. The molecule has 0 atom stereocenters. The SMILES string of the molecule is CCCCC1CCC(CCCOC)(CNC(C)(C)C)CC1. The molecule has 2 heteroatoms. The van der Waals surface area contributed by atoms with Crippen LogP contribution in [0.4, 0.5) is 0 Å². The van der Waals surface area contributed by atoms with Crippen LogP contribution >= 0.6 is 0 Å². The monoisotopic (exact) mass is 297 g/mol. The van der Waals surface area contributed by atoms with Gasteiger partial charge in [-0.25, -0.2) is 0 Å². The first kappa shape index (κ1) is 19.0. The summed E-state index contributed by atoms with van der Waals surface area (Å²) < 4.78 is 5.28. The van der Waals surface area contributed by atoms with Gasteiger partial charge < -0.3 is 10.1 Å². The molecule has 0 aromatic carbocycles. The zero-order valence-electron chi connectivity index (χ0n) is 15.3. The number of ether oxygens (including phenoxy) is 1. The average Bonchev–Trinajstić information content (AvgIpc) is 2.44. The van der Waals surface area contributed by atoms with Gasteiger partial charge in [0.2, 0.25) is 0 Å². The van der Waals surface area contributed by atoms with E-state index in [-0.39, 0.29) is 5.54 Å². The van der Waals surface area contributed by atoms with Gasteiger partial charge in [0.05, 0.1) is 0 Å². The van der Waals surface area contributed by atoms with Gasteiger partial charge in [0, 0.05) is 25.8 Å². The predicted molar refractivity (Wildman–Crippen MR) is 92.8 cm³/mol. The summed E-state index contributed by atoms with van der Waals surface area (Å²) in [6.45, 7) is 11.2. The van der Waals surface area contributed by atoms with Crippen LogP contribution in [-0.2, 0) is 4.74 Å². The Morgan fingerprint density at radius 2 is 1.81 bits per heavy atom. The Kier molecular flexibility index (Phi) is 8.26. The normalized spacial score (nSPS) is 27.0. The van der Waals surface area contributed by atoms with Crippen molar-refractivity contribution in [2.75, 3.05) is 20.3 Å². The van der Waals surface area contributed by atoms with Crippen LogP contribution in [0, 0.1) is 11.3 Å². The minimum absolute atomic E-state index is 0.229. The second-order valence-electron chi connectivity index (χ2n) is 8.29. The third-order valence-corrected chi connectivity index (χ3v) is 5.18. The van der Waals surface area contributed by atoms with Crippen molar-refractivity contribution in [1.29, 1.82) is 0 Å². The summed E-state index contributed by atoms with van der Waals surface area (Å²) in [7, 11) is 1.82. The smallest absolute Gasteiger partial charge is 0.0462 e. The van der Waals surface area contributed by atoms with Crippen LogP contribution in [0.2, 0.25) is 0 Å². The summed E-state index contributed by atoms with van der Waals surface area (Å²) in [6.07, 6.45) is 12.5. The summed E-state index contributed by atoms with van der Waals surface area (Å²) in [5.74, 6) is 0.995. The lowest BCUT2D eigenvalue weighted by atomic mass is 9.67. The van der Waals surface area contributed by atoms with Gasteiger partial charge in [-0.3, -0.25) is 0 Å². The number of unbranched alkanes of at least 4 members (excludes halogenated alkanes) is 1. The van der Waals surface area contributed by atoms with Gasteiger partial charge in [-0.05, 0) is 70.6 Å². The van der Waals surface area contributed by atoms with Crippen LogP contribution < -0.4 is 5.32 Å². The van der Waals surface area contributed by atoms with E-state index in [1.165, 1.54) is 64.3 Å². The molecule has 1 fully saturated rings. The van der Waals surface area contributed by atoms with E-state index in [1.807, 2.05) is 7.11 Å². The van der Waals surface area contributed by atoms with Gasteiger partial charge in [0.1, 0.15) is 0 Å². The van der Waals surface area contributed by atoms with Crippen molar-refractivity contribution in [3.8, 4) is 0 Å². The maximum atomic E-state index is 5.28. The Bertz CT molecular complexity index is 261. The fraction of sp³-hybridized carbons (Fsp3) is 1.00. The molecule has 0 saturated heterocycles. The van der Waals surface area contributed by atoms with Gasteiger partial charge in [0.15, 0.2) is 0 Å². The number of hydrogen-bond acceptors (Lipinski definition) is 2. The fourth-order valence-corrected chi connectivity index (χ4v) is 3.63. The van der Waals surface area contributed by atoms with Crippen LogP contribution in [0.1, 0.15) is 85.5 Å². The van der Waals surface area contributed by atoms with Crippen molar-refractivity contribution in [3.05, 3.63) is 0 Å². The molecular formula is C19H39NO. The molecule has 2 nitrogen and oxygen atoms in total. The van der Waals surface area contributed by atoms with Gasteiger partial charge in [-0.15, -0.1) is 0 Å². The number of nitrogens with one attached hydrogen (secondary N) is 1. The van der Waals surface area contributed by atoms with E-state index in [1.54, 1.807) is 0 Å². The second kappa shape index (κ2) is 9.15. The molecule has 1 saturated carbocycles. The van der Waals surface area contributed by atoms with E-state index in [2.05, 4.69) is 33.0 Å². The van der Waals surface area contributed by atoms with Crippen molar-refractivity contribution in [2.24, 2.45) is 11.3 Å². The maximum Gasteiger partial charge on any atom is 0.0462 e. The molecule has 0 aromatic heterocycles. The molecule has 0 aromatic rings. The van der Waals surface area contributed by atoms with E-state index in [0.29, 0.717) is 5.41 Å². The maximum absolute atomic E-state index is 5.28. The van der Waals surface area contributed by atoms with E-state index >= 15 is 0 Å². The zero-order chi connectivity index (χ0) is 15.8. The Hall–Kier alpha value is -0.0800. The summed E-state index contributed by atoms with van der Waals surface area (Å²) >= 11 is 0. The molecule has 126 valence electrons. The summed E-state index contributed by atoms with van der Waals surface area (Å²) in [5.41, 5.74) is 0.752. The highest BCUT2D eigenvalue weighted by molar-refractivity contribution is 4.89. The Morgan fingerprint density at radius 3 is 2.33 bits per heavy atom. The van der Waals surface area contributed by atoms with Crippen molar-refractivity contribution >= 4 is 0 Å². The zero-order valence-corrected chi connectivity index (χ0v) is 15.3. The largest absolute Gasteiger partial charge is 0.385 e. The van der Waals surface area contributed by atoms with Crippen LogP contribution in [0.3, 0.4) is 0 Å². The molecule has 0 amide bonds. The van der Waals surface area contributed by atoms with Gasteiger partial charge in [-0.2, -0.15) is 0 Å². The Labute approximate surface area is 133 Å².